The first kappa shape index (κ1) is 87.3. The number of aryl methyl sites for hydroxylation is 2. The van der Waals surface area contributed by atoms with E-state index >= 15 is 0 Å². The normalized spacial score (nSPS) is 15.3. The number of unbranched alkanes of at least 4 members (excludes halogenated alkanes) is 52. The zero-order chi connectivity index (χ0) is 77.0. The molecule has 4 nitrogen and oxygen atoms in total. The van der Waals surface area contributed by atoms with Crippen molar-refractivity contribution in [3.05, 3.63) is 90.0 Å². The van der Waals surface area contributed by atoms with E-state index in [-0.39, 0.29) is 21.7 Å². The van der Waals surface area contributed by atoms with E-state index in [4.69, 9.17) is 17.5 Å². The highest BCUT2D eigenvalue weighted by Crippen LogP contribution is 2.68. The molecule has 0 spiro atoms. The van der Waals surface area contributed by atoms with Gasteiger partial charge in [0.15, 0.2) is 0 Å². The molecule has 0 unspecified atom stereocenters. The number of rotatable bonds is 61. The molecule has 0 atom stereocenters. The molecule has 7 aromatic rings. The van der Waals surface area contributed by atoms with Crippen LogP contribution < -0.4 is 0 Å². The predicted molar refractivity (Wildman–Crippen MR) is 491 cm³/mol. The number of hydrogen-bond donors (Lipinski definition) is 0. The smallest absolute Gasteiger partial charge is 0.114 e. The number of benzene rings is 3. The average molecular weight is 1570 g/mol. The second-order valence-corrected chi connectivity index (χ2v) is 40.7. The molecule has 4 aromatic heterocycles. The lowest BCUT2D eigenvalue weighted by atomic mass is 9.68. The molecule has 3 aromatic carbocycles. The van der Waals surface area contributed by atoms with Gasteiger partial charge in [-0.2, -0.15) is 17.5 Å². The van der Waals surface area contributed by atoms with Gasteiger partial charge in [-0.05, 0) is 131 Å². The van der Waals surface area contributed by atoms with Gasteiger partial charge in [-0.25, -0.2) is 0 Å². The molecular formula is C102H156N4S4. The Bertz CT molecular complexity index is 3850. The largest absolute Gasteiger partial charge is 0.173 e. The van der Waals surface area contributed by atoms with Crippen LogP contribution in [-0.4, -0.2) is 17.5 Å². The van der Waals surface area contributed by atoms with E-state index < -0.39 is 0 Å². The summed E-state index contributed by atoms with van der Waals surface area (Å²) in [6.45, 7) is 24.1. The van der Waals surface area contributed by atoms with Gasteiger partial charge in [-0.1, -0.05) is 421 Å². The fourth-order valence-electron chi connectivity index (χ4n) is 21.5. The molecule has 110 heavy (non-hydrogen) atoms. The number of allylic oxidation sites excluding steroid dienone is 2. The highest BCUT2D eigenvalue weighted by molar-refractivity contribution is 7.17. The van der Waals surface area contributed by atoms with Gasteiger partial charge in [0.1, 0.15) is 22.1 Å². The molecule has 0 bridgehead atoms. The monoisotopic (exact) mass is 1570 g/mol. The maximum absolute atomic E-state index is 5.65. The topological polar surface area (TPSA) is 51.6 Å². The summed E-state index contributed by atoms with van der Waals surface area (Å²) < 4.78 is 21.8. The summed E-state index contributed by atoms with van der Waals surface area (Å²) >= 11 is 7.04. The van der Waals surface area contributed by atoms with E-state index in [1.54, 1.807) is 33.4 Å². The van der Waals surface area contributed by atoms with E-state index in [0.717, 1.165) is 11.0 Å². The number of thiophene rings is 2. The second-order valence-electron chi connectivity index (χ2n) is 37.3. The molecule has 0 saturated carbocycles. The van der Waals surface area contributed by atoms with Gasteiger partial charge in [0.05, 0.1) is 23.5 Å². The lowest BCUT2D eigenvalue weighted by molar-refractivity contribution is 0.393. The van der Waals surface area contributed by atoms with Crippen molar-refractivity contribution in [1.82, 2.24) is 17.5 Å². The summed E-state index contributed by atoms with van der Waals surface area (Å²) in [5.41, 5.74) is 25.3. The Balaban J connectivity index is 0.947. The van der Waals surface area contributed by atoms with Gasteiger partial charge < -0.3 is 0 Å². The fraction of sp³-hybridized carbons (Fsp3) is 0.725. The third kappa shape index (κ3) is 21.4. The first-order chi connectivity index (χ1) is 53.9. The van der Waals surface area contributed by atoms with Crippen LogP contribution in [0, 0.1) is 13.8 Å². The Morgan fingerprint density at radius 1 is 0.255 bits per heavy atom. The average Bonchev–Trinajstić information content (AvgIpc) is 1.53. The Kier molecular flexibility index (Phi) is 35.5. The molecule has 4 aliphatic carbocycles. The maximum Gasteiger partial charge on any atom is 0.114 e. The minimum absolute atomic E-state index is 0.0423. The molecule has 0 saturated heterocycles. The van der Waals surface area contributed by atoms with Gasteiger partial charge in [-0.3, -0.25) is 0 Å². The lowest BCUT2D eigenvalue weighted by Crippen LogP contribution is -2.27. The van der Waals surface area contributed by atoms with E-state index in [1.807, 2.05) is 11.3 Å². The summed E-state index contributed by atoms with van der Waals surface area (Å²) in [4.78, 5) is 5.88. The molecule has 8 heteroatoms. The van der Waals surface area contributed by atoms with Crippen molar-refractivity contribution in [3.63, 3.8) is 0 Å². The Morgan fingerprint density at radius 2 is 0.518 bits per heavy atom. The van der Waals surface area contributed by atoms with Gasteiger partial charge >= 0.3 is 0 Å². The summed E-state index contributed by atoms with van der Waals surface area (Å²) in [7, 11) is 0. The van der Waals surface area contributed by atoms with Crippen LogP contribution in [0.15, 0.2) is 36.4 Å². The summed E-state index contributed by atoms with van der Waals surface area (Å²) in [5, 5.41) is 0. The van der Waals surface area contributed by atoms with Crippen molar-refractivity contribution in [1.29, 1.82) is 0 Å². The van der Waals surface area contributed by atoms with E-state index in [9.17, 15) is 0 Å². The van der Waals surface area contributed by atoms with Crippen LogP contribution in [0.1, 0.15) is 494 Å². The molecule has 0 aliphatic heterocycles. The van der Waals surface area contributed by atoms with Gasteiger partial charge in [0.2, 0.25) is 0 Å². The Morgan fingerprint density at radius 3 is 0.855 bits per heavy atom. The molecule has 0 radical (unpaired) electrons. The highest BCUT2D eigenvalue weighted by atomic mass is 32.1. The van der Waals surface area contributed by atoms with Crippen molar-refractivity contribution in [3.8, 4) is 32.7 Å². The molecule has 4 heterocycles. The Hall–Kier alpha value is -3.56. The molecule has 0 N–H and O–H groups in total. The van der Waals surface area contributed by atoms with E-state index in [1.165, 1.54) is 484 Å². The van der Waals surface area contributed by atoms with E-state index in [2.05, 4.69) is 117 Å². The van der Waals surface area contributed by atoms with Crippen LogP contribution in [0.3, 0.4) is 0 Å². The first-order valence-electron chi connectivity index (χ1n) is 47.6. The first-order valence-corrected chi connectivity index (χ1v) is 50.7. The van der Waals surface area contributed by atoms with Gasteiger partial charge in [0, 0.05) is 57.9 Å². The summed E-state index contributed by atoms with van der Waals surface area (Å²) in [6.07, 6.45) is 82.4. The third-order valence-electron chi connectivity index (χ3n) is 28.0. The molecule has 0 amide bonds. The van der Waals surface area contributed by atoms with Crippen LogP contribution >= 0.6 is 46.1 Å². The predicted octanol–water partition coefficient (Wildman–Crippen LogP) is 35.6. The standard InChI is InChI=1S/C102H156N4S4/c1-11-15-19-23-27-31-35-39-43-47-51-55-59-63-67-101(68-64-60-56-52-48-44-40-36-32-28-24-20-16-12-2)82-74-80-83(73-79(82)89-84(101)71-77(5)93-95(89)105-109-103-93)102(69-65-61-57-53-49-45-41-37-33-29-25-21-17-13-3,70-66-62-58-54-50-46-42-38-34-30-26-22-18-14-4)85-75-81(94-96(90(80)85)106-110-104-94)88-76-87-98(108-88)92-91(100(87,9)10)97-86(99(92,7)8)72-78(6)107-97/h71-76H,11-70H2,1-10H3. The lowest BCUT2D eigenvalue weighted by Gasteiger charge is -2.35. The van der Waals surface area contributed by atoms with Crippen LogP contribution in [-0.2, 0) is 21.7 Å². The number of fused-ring (bicyclic) bond motifs is 14. The van der Waals surface area contributed by atoms with Crippen LogP contribution in [0.25, 0.3) is 65.9 Å². The molecular weight excluding hydrogens is 1410 g/mol. The minimum Gasteiger partial charge on any atom is -0.173 e. The highest BCUT2D eigenvalue weighted by Gasteiger charge is 2.53. The van der Waals surface area contributed by atoms with Crippen molar-refractivity contribution in [2.24, 2.45) is 0 Å². The zero-order valence-electron chi connectivity index (χ0n) is 72.3. The SMILES string of the molecule is CCCCCCCCCCCCCCCCC1(CCCCCCCCCCCCCCCC)c2cc3c(cc2-c2c1cc(C)c1nsnc21)C(CCCCCCCCCCCCCCCC)(CCCCCCCCCCCCCCCC)c1cc(-c2cc4c(s2)C2=C(c5sc(C)cc5C2(C)C)C4(C)C)c2nsnc2c1-3. The molecule has 608 valence electrons. The van der Waals surface area contributed by atoms with Crippen LogP contribution in [0.4, 0.5) is 0 Å². The number of aromatic nitrogens is 4. The van der Waals surface area contributed by atoms with Crippen molar-refractivity contribution in [2.45, 2.75) is 476 Å². The second kappa shape index (κ2) is 44.7. The summed E-state index contributed by atoms with van der Waals surface area (Å²) in [6, 6.07) is 16.4. The third-order valence-corrected chi connectivity index (χ3v) is 31.3. The minimum atomic E-state index is -0.159. The fourth-order valence-corrected chi connectivity index (χ4v) is 25.6. The molecule has 0 fully saturated rings. The van der Waals surface area contributed by atoms with E-state index in [0.29, 0.717) is 0 Å². The van der Waals surface area contributed by atoms with Crippen LogP contribution in [0.5, 0.6) is 0 Å². The van der Waals surface area contributed by atoms with Crippen molar-refractivity contribution >= 4 is 79.3 Å². The van der Waals surface area contributed by atoms with Crippen molar-refractivity contribution in [2.75, 3.05) is 0 Å². The number of nitrogens with zero attached hydrogens (tertiary/aromatic N) is 4. The quantitative estimate of drug-likeness (QED) is 0.0357. The van der Waals surface area contributed by atoms with Gasteiger partial charge in [0.25, 0.3) is 0 Å². The maximum atomic E-state index is 5.65. The van der Waals surface area contributed by atoms with Crippen LogP contribution in [0.2, 0.25) is 0 Å². The molecule has 4 aliphatic rings. The zero-order valence-corrected chi connectivity index (χ0v) is 75.6. The van der Waals surface area contributed by atoms with Crippen molar-refractivity contribution < 1.29 is 0 Å². The van der Waals surface area contributed by atoms with Gasteiger partial charge in [-0.15, -0.1) is 22.7 Å². The summed E-state index contributed by atoms with van der Waals surface area (Å²) in [5.74, 6) is 0. The molecule has 11 rings (SSSR count). The Labute approximate surface area is 690 Å². The number of hydrogen-bond acceptors (Lipinski definition) is 8.